The molecule has 0 aliphatic heterocycles. The Morgan fingerprint density at radius 2 is 1.47 bits per heavy atom. The molecule has 4 nitrogen and oxygen atoms in total. The Morgan fingerprint density at radius 3 is 1.90 bits per heavy atom. The van der Waals surface area contributed by atoms with Crippen LogP contribution in [0.4, 0.5) is 26.3 Å². The Kier molecular flexibility index (Phi) is 6.70. The molecule has 0 heterocycles. The topological polar surface area (TPSA) is 58.6 Å². The maximum atomic E-state index is 12.9. The molecule has 0 fully saturated rings. The molecule has 2 N–H and O–H groups in total. The minimum Gasteiger partial charge on any atom is -0.497 e. The molecule has 1 amide bonds. The molecule has 0 saturated heterocycles. The van der Waals surface area contributed by atoms with Crippen molar-refractivity contribution in [3.63, 3.8) is 0 Å². The number of carbonyl (C=O) groups is 1. The zero-order valence-corrected chi connectivity index (χ0v) is 16.0. The summed E-state index contributed by atoms with van der Waals surface area (Å²) in [5.41, 5.74) is -4.80. The van der Waals surface area contributed by atoms with E-state index in [9.17, 15) is 36.2 Å². The van der Waals surface area contributed by atoms with Gasteiger partial charge >= 0.3 is 12.4 Å². The van der Waals surface area contributed by atoms with Crippen molar-refractivity contribution in [1.82, 2.24) is 5.32 Å². The molecule has 0 aromatic heterocycles. The number of hydrogen-bond acceptors (Lipinski definition) is 3. The molecule has 0 bridgehead atoms. The number of aliphatic hydroxyl groups is 1. The first-order valence-electron chi connectivity index (χ1n) is 8.64. The normalized spacial score (nSPS) is 14.2. The first kappa shape index (κ1) is 23.5. The van der Waals surface area contributed by atoms with Gasteiger partial charge in [-0.2, -0.15) is 26.3 Å². The van der Waals surface area contributed by atoms with E-state index >= 15 is 0 Å². The molecular weight excluding hydrogens is 416 g/mol. The zero-order valence-electron chi connectivity index (χ0n) is 16.0. The Hall–Kier alpha value is -2.75. The molecule has 164 valence electrons. The van der Waals surface area contributed by atoms with Gasteiger partial charge in [0.05, 0.1) is 23.8 Å². The quantitative estimate of drug-likeness (QED) is 0.659. The van der Waals surface area contributed by atoms with Crippen molar-refractivity contribution in [3.8, 4) is 5.75 Å². The second-order valence-electron chi connectivity index (χ2n) is 7.00. The Labute approximate surface area is 168 Å². The summed E-state index contributed by atoms with van der Waals surface area (Å²) in [5.74, 6) is -0.571. The summed E-state index contributed by atoms with van der Waals surface area (Å²) in [6.45, 7) is 0.986. The molecule has 0 saturated carbocycles. The number of ether oxygens (including phenoxy) is 1. The van der Waals surface area contributed by atoms with Crippen LogP contribution in [0.2, 0.25) is 0 Å². The van der Waals surface area contributed by atoms with Gasteiger partial charge in [0.25, 0.3) is 5.91 Å². The van der Waals surface area contributed by atoms with Crippen LogP contribution in [-0.4, -0.2) is 30.3 Å². The van der Waals surface area contributed by atoms with Gasteiger partial charge in [0.15, 0.2) is 0 Å². The fourth-order valence-corrected chi connectivity index (χ4v) is 2.70. The predicted molar refractivity (Wildman–Crippen MR) is 96.1 cm³/mol. The molecule has 1 unspecified atom stereocenters. The SMILES string of the molecule is COc1ccc(CC(C)(O)CNC(=O)c2cc(C(F)(F)F)cc(C(F)(F)F)c2)cc1. The van der Waals surface area contributed by atoms with E-state index in [-0.39, 0.29) is 12.5 Å². The molecule has 30 heavy (non-hydrogen) atoms. The number of nitrogens with one attached hydrogen (secondary N) is 1. The third kappa shape index (κ3) is 6.38. The van der Waals surface area contributed by atoms with Gasteiger partial charge in [-0.25, -0.2) is 0 Å². The van der Waals surface area contributed by atoms with Gasteiger partial charge in [-0.15, -0.1) is 0 Å². The van der Waals surface area contributed by atoms with Crippen LogP contribution in [-0.2, 0) is 18.8 Å². The monoisotopic (exact) mass is 435 g/mol. The number of hydrogen-bond donors (Lipinski definition) is 2. The summed E-state index contributed by atoms with van der Waals surface area (Å²) in [6.07, 6.45) is -10.0. The van der Waals surface area contributed by atoms with E-state index in [2.05, 4.69) is 5.32 Å². The first-order valence-corrected chi connectivity index (χ1v) is 8.64. The second-order valence-corrected chi connectivity index (χ2v) is 7.00. The van der Waals surface area contributed by atoms with Crippen molar-refractivity contribution in [2.75, 3.05) is 13.7 Å². The Bertz CT molecular complexity index is 857. The van der Waals surface area contributed by atoms with E-state index in [4.69, 9.17) is 4.74 Å². The minimum absolute atomic E-state index is 0.0589. The highest BCUT2D eigenvalue weighted by atomic mass is 19.4. The lowest BCUT2D eigenvalue weighted by Gasteiger charge is -2.24. The average Bonchev–Trinajstić information content (AvgIpc) is 2.64. The van der Waals surface area contributed by atoms with Crippen molar-refractivity contribution in [1.29, 1.82) is 0 Å². The maximum absolute atomic E-state index is 12.9. The lowest BCUT2D eigenvalue weighted by atomic mass is 9.96. The highest BCUT2D eigenvalue weighted by Crippen LogP contribution is 2.36. The maximum Gasteiger partial charge on any atom is 0.416 e. The van der Waals surface area contributed by atoms with Crippen molar-refractivity contribution >= 4 is 5.91 Å². The lowest BCUT2D eigenvalue weighted by molar-refractivity contribution is -0.143. The van der Waals surface area contributed by atoms with Gasteiger partial charge in [-0.05, 0) is 42.8 Å². The summed E-state index contributed by atoms with van der Waals surface area (Å²) in [6, 6.07) is 7.29. The third-order valence-electron chi connectivity index (χ3n) is 4.22. The average molecular weight is 435 g/mol. The van der Waals surface area contributed by atoms with E-state index in [1.807, 2.05) is 0 Å². The number of methoxy groups -OCH3 is 1. The predicted octanol–water partition coefficient (Wildman–Crippen LogP) is 4.46. The molecule has 0 aliphatic carbocycles. The number of rotatable bonds is 6. The van der Waals surface area contributed by atoms with Crippen LogP contribution in [0.15, 0.2) is 42.5 Å². The van der Waals surface area contributed by atoms with E-state index < -0.39 is 47.1 Å². The van der Waals surface area contributed by atoms with Gasteiger partial charge in [0, 0.05) is 18.5 Å². The highest BCUT2D eigenvalue weighted by molar-refractivity contribution is 5.94. The summed E-state index contributed by atoms with van der Waals surface area (Å²) in [5, 5.41) is 12.6. The second kappa shape index (κ2) is 8.55. The van der Waals surface area contributed by atoms with Crippen LogP contribution in [0, 0.1) is 0 Å². The summed E-state index contributed by atoms with van der Waals surface area (Å²) >= 11 is 0. The van der Waals surface area contributed by atoms with Gasteiger partial charge in [0.2, 0.25) is 0 Å². The number of halogens is 6. The molecule has 0 spiro atoms. The third-order valence-corrected chi connectivity index (χ3v) is 4.22. The summed E-state index contributed by atoms with van der Waals surface area (Å²) in [7, 11) is 1.48. The largest absolute Gasteiger partial charge is 0.497 e. The number of benzene rings is 2. The van der Waals surface area contributed by atoms with Crippen LogP contribution in [0.25, 0.3) is 0 Å². The Morgan fingerprint density at radius 1 is 0.967 bits per heavy atom. The lowest BCUT2D eigenvalue weighted by Crippen LogP contribution is -2.42. The number of carbonyl (C=O) groups excluding carboxylic acids is 1. The molecule has 2 aromatic rings. The molecule has 10 heteroatoms. The molecule has 0 radical (unpaired) electrons. The fourth-order valence-electron chi connectivity index (χ4n) is 2.70. The van der Waals surface area contributed by atoms with Crippen LogP contribution in [0.1, 0.15) is 34.0 Å². The standard InChI is InChI=1S/C20H19F6NO3/c1-18(29,10-12-3-5-16(30-2)6-4-12)11-27-17(28)13-7-14(19(21,22)23)9-15(8-13)20(24,25)26/h3-9,29H,10-11H2,1-2H3,(H,27,28). The fraction of sp³-hybridized carbons (Fsp3) is 0.350. The molecular formula is C20H19F6NO3. The van der Waals surface area contributed by atoms with E-state index in [0.29, 0.717) is 23.4 Å². The minimum atomic E-state index is -5.06. The van der Waals surface area contributed by atoms with Crippen molar-refractivity contribution < 1.29 is 41.0 Å². The van der Waals surface area contributed by atoms with Crippen molar-refractivity contribution in [3.05, 3.63) is 64.7 Å². The van der Waals surface area contributed by atoms with Crippen LogP contribution < -0.4 is 10.1 Å². The van der Waals surface area contributed by atoms with Gasteiger partial charge in [-0.3, -0.25) is 4.79 Å². The number of amides is 1. The first-order chi connectivity index (χ1) is 13.7. The molecule has 1 atom stereocenters. The van der Waals surface area contributed by atoms with Crippen LogP contribution in [0.5, 0.6) is 5.75 Å². The van der Waals surface area contributed by atoms with Crippen LogP contribution in [0.3, 0.4) is 0 Å². The Balaban J connectivity index is 2.16. The summed E-state index contributed by atoms with van der Waals surface area (Å²) < 4.78 is 82.6. The van der Waals surface area contributed by atoms with Gasteiger partial charge in [-0.1, -0.05) is 12.1 Å². The summed E-state index contributed by atoms with van der Waals surface area (Å²) in [4.78, 5) is 12.2. The van der Waals surface area contributed by atoms with E-state index in [1.165, 1.54) is 14.0 Å². The highest BCUT2D eigenvalue weighted by Gasteiger charge is 2.37. The number of alkyl halides is 6. The van der Waals surface area contributed by atoms with Gasteiger partial charge in [0.1, 0.15) is 5.75 Å². The van der Waals surface area contributed by atoms with Crippen LogP contribution >= 0.6 is 0 Å². The van der Waals surface area contributed by atoms with E-state index in [1.54, 1.807) is 24.3 Å². The van der Waals surface area contributed by atoms with Gasteiger partial charge < -0.3 is 15.2 Å². The van der Waals surface area contributed by atoms with Crippen molar-refractivity contribution in [2.24, 2.45) is 0 Å². The molecule has 0 aliphatic rings. The molecule has 2 aromatic carbocycles. The van der Waals surface area contributed by atoms with Crippen molar-refractivity contribution in [2.45, 2.75) is 31.3 Å². The smallest absolute Gasteiger partial charge is 0.416 e. The van der Waals surface area contributed by atoms with E-state index in [0.717, 1.165) is 0 Å². The zero-order chi connectivity index (χ0) is 22.7. The molecule has 2 rings (SSSR count).